The van der Waals surface area contributed by atoms with Gasteiger partial charge < -0.3 is 10.2 Å². The van der Waals surface area contributed by atoms with Gasteiger partial charge in [-0.1, -0.05) is 36.4 Å². The molecule has 150 valence electrons. The summed E-state index contributed by atoms with van der Waals surface area (Å²) in [5, 5.41) is 3.00. The molecule has 3 heterocycles. The molecule has 7 nitrogen and oxygen atoms in total. The number of hydrogen-bond donors (Lipinski definition) is 1. The highest BCUT2D eigenvalue weighted by molar-refractivity contribution is 5.74. The van der Waals surface area contributed by atoms with Crippen LogP contribution >= 0.6 is 0 Å². The van der Waals surface area contributed by atoms with Gasteiger partial charge in [0.2, 0.25) is 0 Å². The number of hydrogen-bond acceptors (Lipinski definition) is 4. The standard InChI is InChI=1S/C22H26N6O/c29-22(25-17-20-6-7-21(24-16-20)28-11-9-23-18-28)27-14-12-26(13-15-27)10-8-19-4-2-1-3-5-19/h1-7,9,11,16,18H,8,10,12-15,17H2,(H,25,29). The van der Waals surface area contributed by atoms with E-state index >= 15 is 0 Å². The predicted molar refractivity (Wildman–Crippen MR) is 112 cm³/mol. The fraction of sp³-hybridized carbons (Fsp3) is 0.318. The van der Waals surface area contributed by atoms with E-state index < -0.39 is 0 Å². The van der Waals surface area contributed by atoms with Crippen LogP contribution in [-0.2, 0) is 13.0 Å². The summed E-state index contributed by atoms with van der Waals surface area (Å²) in [6.07, 6.45) is 8.12. The molecule has 2 amide bonds. The van der Waals surface area contributed by atoms with Gasteiger partial charge in [-0.2, -0.15) is 0 Å². The lowest BCUT2D eigenvalue weighted by Crippen LogP contribution is -2.51. The lowest BCUT2D eigenvalue weighted by Gasteiger charge is -2.34. The van der Waals surface area contributed by atoms with Gasteiger partial charge in [-0.25, -0.2) is 14.8 Å². The number of carbonyl (C=O) groups is 1. The van der Waals surface area contributed by atoms with Crippen molar-refractivity contribution in [2.45, 2.75) is 13.0 Å². The Bertz CT molecular complexity index is 887. The molecule has 1 aromatic carbocycles. The van der Waals surface area contributed by atoms with Gasteiger partial charge in [0, 0.05) is 57.9 Å². The fourth-order valence-corrected chi connectivity index (χ4v) is 3.46. The highest BCUT2D eigenvalue weighted by Crippen LogP contribution is 2.08. The van der Waals surface area contributed by atoms with Crippen molar-refractivity contribution in [3.8, 4) is 5.82 Å². The van der Waals surface area contributed by atoms with Gasteiger partial charge in [0.25, 0.3) is 0 Å². The summed E-state index contributed by atoms with van der Waals surface area (Å²) in [7, 11) is 0. The summed E-state index contributed by atoms with van der Waals surface area (Å²) in [5.74, 6) is 0.809. The molecule has 1 aliphatic heterocycles. The summed E-state index contributed by atoms with van der Waals surface area (Å²) in [6.45, 7) is 4.87. The van der Waals surface area contributed by atoms with E-state index in [1.54, 1.807) is 18.7 Å². The summed E-state index contributed by atoms with van der Waals surface area (Å²) < 4.78 is 1.85. The molecule has 0 spiro atoms. The maximum atomic E-state index is 12.5. The summed E-state index contributed by atoms with van der Waals surface area (Å²) in [6, 6.07) is 14.4. The number of amides is 2. The smallest absolute Gasteiger partial charge is 0.317 e. The van der Waals surface area contributed by atoms with Crippen LogP contribution in [0.3, 0.4) is 0 Å². The number of benzene rings is 1. The summed E-state index contributed by atoms with van der Waals surface area (Å²) in [4.78, 5) is 25.2. The van der Waals surface area contributed by atoms with E-state index in [0.717, 1.165) is 50.5 Å². The predicted octanol–water partition coefficient (Wildman–Crippen LogP) is 2.34. The maximum absolute atomic E-state index is 12.5. The number of nitrogens with one attached hydrogen (secondary N) is 1. The van der Waals surface area contributed by atoms with Crippen LogP contribution in [-0.4, -0.2) is 63.1 Å². The van der Waals surface area contributed by atoms with Crippen molar-refractivity contribution in [1.82, 2.24) is 29.7 Å². The highest BCUT2D eigenvalue weighted by Gasteiger charge is 2.20. The number of rotatable bonds is 6. The Morgan fingerprint density at radius 2 is 1.83 bits per heavy atom. The van der Waals surface area contributed by atoms with Crippen molar-refractivity contribution in [3.05, 3.63) is 78.5 Å². The Balaban J connectivity index is 1.19. The molecule has 3 aromatic rings. The SMILES string of the molecule is O=C(NCc1ccc(-n2ccnc2)nc1)N1CCN(CCc2ccccc2)CC1. The molecule has 29 heavy (non-hydrogen) atoms. The van der Waals surface area contributed by atoms with E-state index in [0.29, 0.717) is 6.54 Å². The van der Waals surface area contributed by atoms with Crippen LogP contribution in [0.4, 0.5) is 4.79 Å². The number of imidazole rings is 1. The Kier molecular flexibility index (Phi) is 6.16. The van der Waals surface area contributed by atoms with Crippen LogP contribution in [0.1, 0.15) is 11.1 Å². The third-order valence-corrected chi connectivity index (χ3v) is 5.24. The average molecular weight is 390 g/mol. The minimum Gasteiger partial charge on any atom is -0.334 e. The fourth-order valence-electron chi connectivity index (χ4n) is 3.46. The molecule has 0 unspecified atom stereocenters. The van der Waals surface area contributed by atoms with E-state index in [2.05, 4.69) is 44.5 Å². The minimum absolute atomic E-state index is 0.00797. The molecule has 0 saturated carbocycles. The van der Waals surface area contributed by atoms with Gasteiger partial charge in [-0.15, -0.1) is 0 Å². The molecule has 2 aromatic heterocycles. The Hall–Kier alpha value is -3.19. The van der Waals surface area contributed by atoms with Gasteiger partial charge in [0.1, 0.15) is 12.1 Å². The largest absolute Gasteiger partial charge is 0.334 e. The van der Waals surface area contributed by atoms with E-state index in [9.17, 15) is 4.79 Å². The topological polar surface area (TPSA) is 66.3 Å². The number of piperazine rings is 1. The van der Waals surface area contributed by atoms with Crippen molar-refractivity contribution < 1.29 is 4.79 Å². The number of pyridine rings is 1. The first-order valence-electron chi connectivity index (χ1n) is 10.0. The second-order valence-electron chi connectivity index (χ2n) is 7.22. The normalized spacial score (nSPS) is 14.7. The Morgan fingerprint density at radius 1 is 1.00 bits per heavy atom. The van der Waals surface area contributed by atoms with E-state index in [-0.39, 0.29) is 6.03 Å². The molecule has 4 rings (SSSR count). The molecule has 0 radical (unpaired) electrons. The van der Waals surface area contributed by atoms with Crippen LogP contribution in [0.15, 0.2) is 67.4 Å². The molecule has 1 N–H and O–H groups in total. The number of aromatic nitrogens is 3. The van der Waals surface area contributed by atoms with Crippen molar-refractivity contribution >= 4 is 6.03 Å². The zero-order valence-corrected chi connectivity index (χ0v) is 16.4. The molecule has 1 saturated heterocycles. The van der Waals surface area contributed by atoms with Crippen LogP contribution in [0.5, 0.6) is 0 Å². The van der Waals surface area contributed by atoms with Gasteiger partial charge in [-0.05, 0) is 23.6 Å². The first kappa shape index (κ1) is 19.1. The lowest BCUT2D eigenvalue weighted by atomic mass is 10.1. The Labute approximate surface area is 171 Å². The van der Waals surface area contributed by atoms with E-state index in [4.69, 9.17) is 0 Å². The van der Waals surface area contributed by atoms with E-state index in [1.165, 1.54) is 5.56 Å². The first-order chi connectivity index (χ1) is 14.3. The molecule has 1 aliphatic rings. The average Bonchev–Trinajstić information content (AvgIpc) is 3.32. The van der Waals surface area contributed by atoms with Gasteiger partial charge in [-0.3, -0.25) is 9.47 Å². The number of urea groups is 1. The zero-order chi connectivity index (χ0) is 19.9. The van der Waals surface area contributed by atoms with Gasteiger partial charge in [0.05, 0.1) is 0 Å². The quantitative estimate of drug-likeness (QED) is 0.702. The van der Waals surface area contributed by atoms with E-state index in [1.807, 2.05) is 33.9 Å². The van der Waals surface area contributed by atoms with Crippen molar-refractivity contribution in [2.24, 2.45) is 0 Å². The second kappa shape index (κ2) is 9.34. The van der Waals surface area contributed by atoms with Crippen LogP contribution in [0.2, 0.25) is 0 Å². The van der Waals surface area contributed by atoms with Crippen molar-refractivity contribution in [1.29, 1.82) is 0 Å². The summed E-state index contributed by atoms with van der Waals surface area (Å²) >= 11 is 0. The zero-order valence-electron chi connectivity index (χ0n) is 16.4. The molecular formula is C22H26N6O. The van der Waals surface area contributed by atoms with Crippen molar-refractivity contribution in [3.63, 3.8) is 0 Å². The summed E-state index contributed by atoms with van der Waals surface area (Å²) in [5.41, 5.74) is 2.34. The first-order valence-corrected chi connectivity index (χ1v) is 10.0. The Morgan fingerprint density at radius 3 is 2.52 bits per heavy atom. The molecular weight excluding hydrogens is 364 g/mol. The number of carbonyl (C=O) groups excluding carboxylic acids is 1. The molecule has 0 aliphatic carbocycles. The van der Waals surface area contributed by atoms with Gasteiger partial charge >= 0.3 is 6.03 Å². The minimum atomic E-state index is -0.00797. The molecule has 1 fully saturated rings. The van der Waals surface area contributed by atoms with Crippen LogP contribution < -0.4 is 5.32 Å². The van der Waals surface area contributed by atoms with Gasteiger partial charge in [0.15, 0.2) is 0 Å². The second-order valence-corrected chi connectivity index (χ2v) is 7.22. The molecule has 0 atom stereocenters. The lowest BCUT2D eigenvalue weighted by molar-refractivity contribution is 0.140. The molecule has 7 heteroatoms. The van der Waals surface area contributed by atoms with Crippen LogP contribution in [0.25, 0.3) is 5.82 Å². The third kappa shape index (κ3) is 5.20. The molecule has 0 bridgehead atoms. The third-order valence-electron chi connectivity index (χ3n) is 5.24. The highest BCUT2D eigenvalue weighted by atomic mass is 16.2. The maximum Gasteiger partial charge on any atom is 0.317 e. The van der Waals surface area contributed by atoms with Crippen LogP contribution in [0, 0.1) is 0 Å². The van der Waals surface area contributed by atoms with Crippen molar-refractivity contribution in [2.75, 3.05) is 32.7 Å². The number of nitrogens with zero attached hydrogens (tertiary/aromatic N) is 5. The monoisotopic (exact) mass is 390 g/mol.